The van der Waals surface area contributed by atoms with E-state index in [1.54, 1.807) is 12.4 Å². The molecule has 0 atom stereocenters. The Balaban J connectivity index is 1.36. The summed E-state index contributed by atoms with van der Waals surface area (Å²) in [6.07, 6.45) is 3.39. The molecule has 1 aliphatic heterocycles. The maximum atomic E-state index is 12.1. The van der Waals surface area contributed by atoms with E-state index in [2.05, 4.69) is 56.5 Å². The van der Waals surface area contributed by atoms with Crippen LogP contribution >= 0.6 is 0 Å². The monoisotopic (exact) mass is 351 g/mol. The lowest BCUT2D eigenvalue weighted by Crippen LogP contribution is -2.50. The number of carbonyl (C=O) groups is 1. The van der Waals surface area contributed by atoms with E-state index >= 15 is 0 Å². The molecule has 1 aromatic heterocycles. The van der Waals surface area contributed by atoms with Crippen molar-refractivity contribution in [3.05, 3.63) is 72.6 Å². The molecule has 0 radical (unpaired) electrons. The third-order valence-corrected chi connectivity index (χ3v) is 4.46. The van der Waals surface area contributed by atoms with Crippen LogP contribution in [0.25, 0.3) is 5.70 Å². The van der Waals surface area contributed by atoms with Crippen molar-refractivity contribution < 1.29 is 4.79 Å². The van der Waals surface area contributed by atoms with Crippen molar-refractivity contribution in [1.29, 1.82) is 0 Å². The summed E-state index contributed by atoms with van der Waals surface area (Å²) in [6, 6.07) is 14.2. The van der Waals surface area contributed by atoms with Gasteiger partial charge in [-0.3, -0.25) is 30.4 Å². The third kappa shape index (κ3) is 5.40. The first-order valence-corrected chi connectivity index (χ1v) is 8.83. The number of pyridine rings is 1. The first-order chi connectivity index (χ1) is 12.7. The molecule has 1 amide bonds. The van der Waals surface area contributed by atoms with Crippen molar-refractivity contribution in [1.82, 2.24) is 25.6 Å². The van der Waals surface area contributed by atoms with E-state index in [1.807, 2.05) is 18.2 Å². The normalized spacial score (nSPS) is 15.4. The van der Waals surface area contributed by atoms with Crippen LogP contribution in [0.15, 0.2) is 61.4 Å². The number of nitrogens with one attached hydrogen (secondary N) is 2. The zero-order chi connectivity index (χ0) is 18.2. The summed E-state index contributed by atoms with van der Waals surface area (Å²) >= 11 is 0. The van der Waals surface area contributed by atoms with Gasteiger partial charge in [0.15, 0.2) is 0 Å². The second-order valence-electron chi connectivity index (χ2n) is 6.43. The molecular formula is C20H25N5O. The topological polar surface area (TPSA) is 60.5 Å². The van der Waals surface area contributed by atoms with Crippen LogP contribution in [0.1, 0.15) is 11.1 Å². The Morgan fingerprint density at radius 3 is 2.31 bits per heavy atom. The van der Waals surface area contributed by atoms with Crippen molar-refractivity contribution in [3.63, 3.8) is 0 Å². The van der Waals surface area contributed by atoms with Gasteiger partial charge in [-0.2, -0.15) is 0 Å². The largest absolute Gasteiger partial charge is 0.299 e. The quantitative estimate of drug-likeness (QED) is 0.740. The lowest BCUT2D eigenvalue weighted by molar-refractivity contribution is -0.123. The number of benzene rings is 1. The van der Waals surface area contributed by atoms with Crippen molar-refractivity contribution in [2.24, 2.45) is 0 Å². The average Bonchev–Trinajstić information content (AvgIpc) is 2.69. The number of rotatable bonds is 7. The van der Waals surface area contributed by atoms with Crippen LogP contribution in [0.3, 0.4) is 0 Å². The van der Waals surface area contributed by atoms with Gasteiger partial charge in [0.25, 0.3) is 5.91 Å². The van der Waals surface area contributed by atoms with Gasteiger partial charge in [0, 0.05) is 50.7 Å². The van der Waals surface area contributed by atoms with Gasteiger partial charge in [0.05, 0.1) is 12.2 Å². The van der Waals surface area contributed by atoms with E-state index in [1.165, 1.54) is 5.56 Å². The molecule has 2 N–H and O–H groups in total. The molecule has 0 saturated carbocycles. The second kappa shape index (κ2) is 9.12. The van der Waals surface area contributed by atoms with Crippen molar-refractivity contribution in [3.8, 4) is 0 Å². The highest BCUT2D eigenvalue weighted by molar-refractivity contribution is 5.79. The van der Waals surface area contributed by atoms with E-state index in [4.69, 9.17) is 0 Å². The average molecular weight is 351 g/mol. The Morgan fingerprint density at radius 1 is 0.962 bits per heavy atom. The molecule has 2 aromatic rings. The van der Waals surface area contributed by atoms with Crippen LogP contribution in [-0.4, -0.2) is 53.4 Å². The van der Waals surface area contributed by atoms with Crippen LogP contribution < -0.4 is 10.9 Å². The number of nitrogens with zero attached hydrogens (tertiary/aromatic N) is 3. The molecule has 0 aliphatic carbocycles. The Labute approximate surface area is 154 Å². The molecule has 1 aromatic carbocycles. The molecule has 26 heavy (non-hydrogen) atoms. The number of hydrogen-bond acceptors (Lipinski definition) is 5. The predicted octanol–water partition coefficient (Wildman–Crippen LogP) is 1.49. The van der Waals surface area contributed by atoms with Gasteiger partial charge in [-0.1, -0.05) is 36.9 Å². The van der Waals surface area contributed by atoms with E-state index in [0.29, 0.717) is 12.2 Å². The van der Waals surface area contributed by atoms with Crippen molar-refractivity contribution >= 4 is 11.6 Å². The summed E-state index contributed by atoms with van der Waals surface area (Å²) < 4.78 is 0. The molecular weight excluding hydrogens is 326 g/mol. The highest BCUT2D eigenvalue weighted by Crippen LogP contribution is 2.08. The van der Waals surface area contributed by atoms with E-state index in [-0.39, 0.29) is 5.91 Å². The minimum Gasteiger partial charge on any atom is -0.299 e. The van der Waals surface area contributed by atoms with E-state index < -0.39 is 0 Å². The smallest absolute Gasteiger partial charge is 0.252 e. The molecule has 6 heteroatoms. The molecule has 3 rings (SSSR count). The molecule has 0 unspecified atom stereocenters. The Hall–Kier alpha value is -2.70. The van der Waals surface area contributed by atoms with Gasteiger partial charge in [-0.15, -0.1) is 0 Å². The lowest BCUT2D eigenvalue weighted by atomic mass is 10.2. The maximum absolute atomic E-state index is 12.1. The maximum Gasteiger partial charge on any atom is 0.252 e. The van der Waals surface area contributed by atoms with Crippen LogP contribution in [0.4, 0.5) is 0 Å². The highest BCUT2D eigenvalue weighted by atomic mass is 16.2. The van der Waals surface area contributed by atoms with Gasteiger partial charge < -0.3 is 0 Å². The van der Waals surface area contributed by atoms with Gasteiger partial charge in [0.2, 0.25) is 0 Å². The van der Waals surface area contributed by atoms with Gasteiger partial charge in [-0.25, -0.2) is 0 Å². The molecule has 2 heterocycles. The SMILES string of the molecule is C=C(NNC(=O)CN1CCN(Cc2ccccc2)CC1)c1ccncc1. The van der Waals surface area contributed by atoms with Crippen LogP contribution in [0.2, 0.25) is 0 Å². The van der Waals surface area contributed by atoms with Crippen LogP contribution in [0, 0.1) is 0 Å². The number of amides is 1. The summed E-state index contributed by atoms with van der Waals surface area (Å²) in [4.78, 5) is 20.7. The number of hydrazine groups is 1. The highest BCUT2D eigenvalue weighted by Gasteiger charge is 2.19. The summed E-state index contributed by atoms with van der Waals surface area (Å²) in [5.41, 5.74) is 8.46. The molecule has 0 spiro atoms. The Morgan fingerprint density at radius 2 is 1.62 bits per heavy atom. The third-order valence-electron chi connectivity index (χ3n) is 4.46. The second-order valence-corrected chi connectivity index (χ2v) is 6.43. The fourth-order valence-electron chi connectivity index (χ4n) is 2.96. The summed E-state index contributed by atoms with van der Waals surface area (Å²) in [5.74, 6) is -0.0586. The Kier molecular flexibility index (Phi) is 6.35. The fraction of sp³-hybridized carbons (Fsp3) is 0.300. The molecule has 0 bridgehead atoms. The summed E-state index contributed by atoms with van der Waals surface area (Å²) in [7, 11) is 0. The standard InChI is InChI=1S/C20H25N5O/c1-17(19-7-9-21-10-8-19)22-23-20(26)16-25-13-11-24(12-14-25)15-18-5-3-2-4-6-18/h2-10,22H,1,11-16H2,(H,23,26). The number of hydrogen-bond donors (Lipinski definition) is 2. The molecule has 1 aliphatic rings. The molecule has 6 nitrogen and oxygen atoms in total. The van der Waals surface area contributed by atoms with Crippen LogP contribution in [-0.2, 0) is 11.3 Å². The first kappa shape index (κ1) is 18.1. The predicted molar refractivity (Wildman–Crippen MR) is 103 cm³/mol. The Bertz CT molecular complexity index is 711. The van der Waals surface area contributed by atoms with E-state index in [0.717, 1.165) is 38.3 Å². The molecule has 1 saturated heterocycles. The number of piperazine rings is 1. The first-order valence-electron chi connectivity index (χ1n) is 8.83. The van der Waals surface area contributed by atoms with E-state index in [9.17, 15) is 4.79 Å². The zero-order valence-electron chi connectivity index (χ0n) is 14.9. The molecule has 136 valence electrons. The fourth-order valence-corrected chi connectivity index (χ4v) is 2.96. The van der Waals surface area contributed by atoms with Gasteiger partial charge in [0.1, 0.15) is 0 Å². The van der Waals surface area contributed by atoms with Crippen LogP contribution in [0.5, 0.6) is 0 Å². The summed E-state index contributed by atoms with van der Waals surface area (Å²) in [5, 5.41) is 0. The minimum absolute atomic E-state index is 0.0586. The summed E-state index contributed by atoms with van der Waals surface area (Å²) in [6.45, 7) is 9.00. The number of carbonyl (C=O) groups excluding carboxylic acids is 1. The lowest BCUT2D eigenvalue weighted by Gasteiger charge is -2.34. The minimum atomic E-state index is -0.0586. The van der Waals surface area contributed by atoms with Crippen molar-refractivity contribution in [2.75, 3.05) is 32.7 Å². The van der Waals surface area contributed by atoms with Gasteiger partial charge in [-0.05, 0) is 17.7 Å². The zero-order valence-corrected chi connectivity index (χ0v) is 14.9. The van der Waals surface area contributed by atoms with Crippen molar-refractivity contribution in [2.45, 2.75) is 6.54 Å². The number of aromatic nitrogens is 1. The van der Waals surface area contributed by atoms with Gasteiger partial charge >= 0.3 is 0 Å². The molecule has 1 fully saturated rings.